The molecular weight excluding hydrogens is 468 g/mol. The fraction of sp³-hybridized carbons (Fsp3) is 0.613. The van der Waals surface area contributed by atoms with Gasteiger partial charge in [-0.05, 0) is 138 Å². The Morgan fingerprint density at radius 3 is 2.22 bits per heavy atom. The molecule has 1 N–H and O–H groups in total. The second-order valence-corrected chi connectivity index (χ2v) is 11.0. The Hall–Kier alpha value is -1.75. The zero-order valence-corrected chi connectivity index (χ0v) is 22.9. The molecule has 4 nitrogen and oxygen atoms in total. The molecule has 2 saturated heterocycles. The van der Waals surface area contributed by atoms with E-state index < -0.39 is 0 Å². The van der Waals surface area contributed by atoms with Crippen molar-refractivity contribution in [3.05, 3.63) is 58.1 Å². The SMILES string of the molecule is CO.Clc1cc(CCCN2CCCC2)ccc1OC1CC1.c1cc2c(cc1N1CCCC1)CCCC2. The van der Waals surface area contributed by atoms with Crippen LogP contribution in [0, 0.1) is 0 Å². The number of benzene rings is 2. The maximum atomic E-state index is 7.00. The highest BCUT2D eigenvalue weighted by Gasteiger charge is 2.24. The van der Waals surface area contributed by atoms with Crippen LogP contribution in [0.1, 0.15) is 74.5 Å². The highest BCUT2D eigenvalue weighted by atomic mass is 35.5. The van der Waals surface area contributed by atoms with E-state index in [4.69, 9.17) is 21.4 Å². The van der Waals surface area contributed by atoms with Gasteiger partial charge in [0.25, 0.3) is 0 Å². The van der Waals surface area contributed by atoms with Crippen LogP contribution in [0.25, 0.3) is 0 Å². The molecule has 2 aliphatic carbocycles. The first kappa shape index (κ1) is 27.3. The number of likely N-dealkylation sites (tertiary alicyclic amines) is 1. The quantitative estimate of drug-likeness (QED) is 0.448. The van der Waals surface area contributed by atoms with E-state index >= 15 is 0 Å². The van der Waals surface area contributed by atoms with E-state index in [9.17, 15) is 0 Å². The number of anilines is 1. The van der Waals surface area contributed by atoms with Crippen LogP contribution in [-0.2, 0) is 19.3 Å². The number of fused-ring (bicyclic) bond motifs is 1. The van der Waals surface area contributed by atoms with Gasteiger partial charge >= 0.3 is 0 Å². The van der Waals surface area contributed by atoms with Crippen LogP contribution < -0.4 is 9.64 Å². The summed E-state index contributed by atoms with van der Waals surface area (Å²) in [6, 6.07) is 13.4. The van der Waals surface area contributed by atoms with Gasteiger partial charge in [-0.2, -0.15) is 0 Å². The van der Waals surface area contributed by atoms with Gasteiger partial charge in [0, 0.05) is 25.9 Å². The minimum atomic E-state index is 0.415. The van der Waals surface area contributed by atoms with Gasteiger partial charge in [0.05, 0.1) is 11.1 Å². The van der Waals surface area contributed by atoms with Crippen molar-refractivity contribution in [2.45, 2.75) is 83.2 Å². The fourth-order valence-electron chi connectivity index (χ4n) is 5.57. The van der Waals surface area contributed by atoms with Crippen molar-refractivity contribution in [3.8, 4) is 5.75 Å². The van der Waals surface area contributed by atoms with E-state index in [1.165, 1.54) is 115 Å². The summed E-state index contributed by atoms with van der Waals surface area (Å²) in [5, 5.41) is 7.77. The average molecular weight is 513 g/mol. The van der Waals surface area contributed by atoms with Crippen LogP contribution in [-0.4, -0.2) is 55.9 Å². The third-order valence-electron chi connectivity index (χ3n) is 7.76. The van der Waals surface area contributed by atoms with Crippen molar-refractivity contribution in [2.24, 2.45) is 0 Å². The molecule has 2 aliphatic heterocycles. The van der Waals surface area contributed by atoms with Crippen LogP contribution in [0.5, 0.6) is 5.75 Å². The normalized spacial score (nSPS) is 19.1. The number of nitrogens with zero attached hydrogens (tertiary/aromatic N) is 2. The van der Waals surface area contributed by atoms with E-state index in [-0.39, 0.29) is 0 Å². The zero-order valence-electron chi connectivity index (χ0n) is 22.2. The zero-order chi connectivity index (χ0) is 25.2. The number of aliphatic hydroxyl groups excluding tert-OH is 1. The second kappa shape index (κ2) is 14.3. The number of aliphatic hydroxyl groups is 1. The van der Waals surface area contributed by atoms with Crippen molar-refractivity contribution in [1.82, 2.24) is 4.90 Å². The third kappa shape index (κ3) is 8.13. The smallest absolute Gasteiger partial charge is 0.138 e. The van der Waals surface area contributed by atoms with E-state index in [1.807, 2.05) is 6.07 Å². The summed E-state index contributed by atoms with van der Waals surface area (Å²) in [5.41, 5.74) is 6.01. The van der Waals surface area contributed by atoms with E-state index in [2.05, 4.69) is 40.1 Å². The first-order valence-electron chi connectivity index (χ1n) is 14.2. The first-order chi connectivity index (χ1) is 17.7. The van der Waals surface area contributed by atoms with Gasteiger partial charge < -0.3 is 19.6 Å². The standard InChI is InChI=1S/C16H22ClNO.C14H19N.CH4O/c17-15-12-13(4-3-11-18-9-1-2-10-18)5-8-16(15)19-14-6-7-14;1-2-6-13-11-14(8-7-12(13)5-1)15-9-3-4-10-15;1-2/h5,8,12,14H,1-4,6-7,9-11H2;7-8,11H,1-6,9-10H2;2H,1H3. The van der Waals surface area contributed by atoms with Gasteiger partial charge in [0.15, 0.2) is 0 Å². The molecule has 6 rings (SSSR count). The highest BCUT2D eigenvalue weighted by molar-refractivity contribution is 6.32. The molecule has 5 heteroatoms. The van der Waals surface area contributed by atoms with Gasteiger partial charge in [0.2, 0.25) is 0 Å². The Labute approximate surface area is 223 Å². The lowest BCUT2D eigenvalue weighted by Crippen LogP contribution is -2.20. The predicted molar refractivity (Wildman–Crippen MR) is 152 cm³/mol. The minimum absolute atomic E-state index is 0.415. The maximum Gasteiger partial charge on any atom is 0.138 e. The van der Waals surface area contributed by atoms with Gasteiger partial charge in [-0.25, -0.2) is 0 Å². The van der Waals surface area contributed by atoms with Gasteiger partial charge in [0.1, 0.15) is 5.75 Å². The Balaban J connectivity index is 0.000000162. The third-order valence-corrected chi connectivity index (χ3v) is 8.05. The second-order valence-electron chi connectivity index (χ2n) is 10.6. The summed E-state index contributed by atoms with van der Waals surface area (Å²) in [4.78, 5) is 5.10. The highest BCUT2D eigenvalue weighted by Crippen LogP contribution is 2.32. The molecule has 0 unspecified atom stereocenters. The number of ether oxygens (including phenoxy) is 1. The Bertz CT molecular complexity index is 934. The Morgan fingerprint density at radius 2 is 1.53 bits per heavy atom. The molecule has 0 bridgehead atoms. The van der Waals surface area contributed by atoms with Crippen LogP contribution in [0.15, 0.2) is 36.4 Å². The molecule has 1 saturated carbocycles. The molecule has 2 aromatic carbocycles. The summed E-state index contributed by atoms with van der Waals surface area (Å²) < 4.78 is 5.76. The van der Waals surface area contributed by atoms with Crippen LogP contribution in [0.2, 0.25) is 5.02 Å². The van der Waals surface area contributed by atoms with E-state index in [0.29, 0.717) is 6.10 Å². The lowest BCUT2D eigenvalue weighted by molar-refractivity contribution is 0.303. The number of hydrogen-bond acceptors (Lipinski definition) is 4. The minimum Gasteiger partial charge on any atom is -0.489 e. The van der Waals surface area contributed by atoms with Gasteiger partial charge in [-0.3, -0.25) is 0 Å². The molecule has 198 valence electrons. The van der Waals surface area contributed by atoms with Crippen molar-refractivity contribution in [1.29, 1.82) is 0 Å². The van der Waals surface area contributed by atoms with E-state index in [1.54, 1.807) is 11.1 Å². The number of rotatable bonds is 7. The molecule has 2 aromatic rings. The molecule has 0 spiro atoms. The Morgan fingerprint density at radius 1 is 0.833 bits per heavy atom. The first-order valence-corrected chi connectivity index (χ1v) is 14.6. The molecule has 3 fully saturated rings. The lowest BCUT2D eigenvalue weighted by atomic mass is 9.91. The summed E-state index contributed by atoms with van der Waals surface area (Å²) >= 11 is 6.27. The molecule has 0 aromatic heterocycles. The summed E-state index contributed by atoms with van der Waals surface area (Å²) in [6.07, 6.45) is 16.0. The molecule has 4 aliphatic rings. The largest absolute Gasteiger partial charge is 0.489 e. The molecule has 0 atom stereocenters. The molecule has 0 radical (unpaired) electrons. The topological polar surface area (TPSA) is 35.9 Å². The van der Waals surface area contributed by atoms with E-state index in [0.717, 1.165) is 24.3 Å². The number of hydrogen-bond donors (Lipinski definition) is 1. The summed E-state index contributed by atoms with van der Waals surface area (Å²) in [6.45, 7) is 6.32. The lowest BCUT2D eigenvalue weighted by Gasteiger charge is -2.22. The monoisotopic (exact) mass is 512 g/mol. The summed E-state index contributed by atoms with van der Waals surface area (Å²) in [5.74, 6) is 0.854. The summed E-state index contributed by atoms with van der Waals surface area (Å²) in [7, 11) is 1.00. The van der Waals surface area contributed by atoms with Crippen LogP contribution in [0.3, 0.4) is 0 Å². The van der Waals surface area contributed by atoms with Gasteiger partial charge in [-0.15, -0.1) is 0 Å². The number of aryl methyl sites for hydroxylation is 3. The molecule has 2 heterocycles. The van der Waals surface area contributed by atoms with Crippen molar-refractivity contribution >= 4 is 17.3 Å². The number of halogens is 1. The average Bonchev–Trinajstić information content (AvgIpc) is 3.34. The van der Waals surface area contributed by atoms with Crippen LogP contribution >= 0.6 is 11.6 Å². The maximum absolute atomic E-state index is 7.00. The predicted octanol–water partition coefficient (Wildman–Crippen LogP) is 6.68. The molecular formula is C31H45ClN2O2. The fourth-order valence-corrected chi connectivity index (χ4v) is 5.81. The van der Waals surface area contributed by atoms with Gasteiger partial charge in [-0.1, -0.05) is 23.7 Å². The molecule has 36 heavy (non-hydrogen) atoms. The van der Waals surface area contributed by atoms with Crippen molar-refractivity contribution in [2.75, 3.05) is 44.7 Å². The Kier molecular flexibility index (Phi) is 10.8. The van der Waals surface area contributed by atoms with Crippen LogP contribution in [0.4, 0.5) is 5.69 Å². The van der Waals surface area contributed by atoms with Crippen molar-refractivity contribution < 1.29 is 9.84 Å². The molecule has 0 amide bonds. The van der Waals surface area contributed by atoms with Crippen molar-refractivity contribution in [3.63, 3.8) is 0 Å².